The summed E-state index contributed by atoms with van der Waals surface area (Å²) < 4.78 is 16.4. The third-order valence-electron chi connectivity index (χ3n) is 5.76. The maximum atomic E-state index is 13.0. The van der Waals surface area contributed by atoms with E-state index in [1.165, 1.54) is 0 Å². The number of piperazine rings is 1. The van der Waals surface area contributed by atoms with E-state index in [1.54, 1.807) is 44.4 Å². The van der Waals surface area contributed by atoms with Crippen molar-refractivity contribution >= 4 is 16.8 Å². The van der Waals surface area contributed by atoms with Gasteiger partial charge in [-0.3, -0.25) is 9.69 Å². The lowest BCUT2D eigenvalue weighted by atomic mass is 10.1. The normalized spacial score (nSPS) is 14.4. The SMILES string of the molecule is COc1ccc(CN2CCN(C(=O)c3ccc4cccc(O)c4n3)CC2)c(OC)c1OC. The van der Waals surface area contributed by atoms with Gasteiger partial charge >= 0.3 is 0 Å². The minimum Gasteiger partial charge on any atom is -0.506 e. The highest BCUT2D eigenvalue weighted by Gasteiger charge is 2.25. The number of ether oxygens (including phenoxy) is 3. The van der Waals surface area contributed by atoms with Crippen molar-refractivity contribution < 1.29 is 24.1 Å². The predicted octanol–water partition coefficient (Wildman–Crippen LogP) is 2.92. The van der Waals surface area contributed by atoms with Gasteiger partial charge in [0.25, 0.3) is 5.91 Å². The molecule has 1 fully saturated rings. The Hall–Kier alpha value is -3.52. The van der Waals surface area contributed by atoms with Gasteiger partial charge in [-0.25, -0.2) is 4.98 Å². The number of phenols is 1. The van der Waals surface area contributed by atoms with Gasteiger partial charge in [-0.2, -0.15) is 0 Å². The van der Waals surface area contributed by atoms with E-state index < -0.39 is 0 Å². The number of nitrogens with zero attached hydrogens (tertiary/aromatic N) is 3. The van der Waals surface area contributed by atoms with Crippen LogP contribution in [0.1, 0.15) is 16.1 Å². The topological polar surface area (TPSA) is 84.4 Å². The highest BCUT2D eigenvalue weighted by molar-refractivity contribution is 5.96. The molecule has 1 aromatic heterocycles. The van der Waals surface area contributed by atoms with Gasteiger partial charge in [0.15, 0.2) is 11.5 Å². The summed E-state index contributed by atoms with van der Waals surface area (Å²) in [6, 6.07) is 12.6. The summed E-state index contributed by atoms with van der Waals surface area (Å²) in [5.41, 5.74) is 1.78. The smallest absolute Gasteiger partial charge is 0.272 e. The van der Waals surface area contributed by atoms with Gasteiger partial charge in [-0.15, -0.1) is 0 Å². The summed E-state index contributed by atoms with van der Waals surface area (Å²) in [5, 5.41) is 10.9. The fourth-order valence-electron chi connectivity index (χ4n) is 4.05. The number of pyridine rings is 1. The first-order valence-electron chi connectivity index (χ1n) is 10.4. The molecule has 0 radical (unpaired) electrons. The molecule has 0 spiro atoms. The van der Waals surface area contributed by atoms with Crippen LogP contribution in [0.2, 0.25) is 0 Å². The number of phenolic OH excluding ortho intramolecular Hbond substituents is 1. The fourth-order valence-corrected chi connectivity index (χ4v) is 4.05. The van der Waals surface area contributed by atoms with E-state index in [0.717, 1.165) is 24.0 Å². The Bertz CT molecular complexity index is 1130. The Morgan fingerprint density at radius 1 is 0.938 bits per heavy atom. The van der Waals surface area contributed by atoms with Crippen LogP contribution >= 0.6 is 0 Å². The van der Waals surface area contributed by atoms with Crippen LogP contribution in [0.25, 0.3) is 10.9 Å². The monoisotopic (exact) mass is 437 g/mol. The summed E-state index contributed by atoms with van der Waals surface area (Å²) in [7, 11) is 4.81. The third-order valence-corrected chi connectivity index (χ3v) is 5.76. The quantitative estimate of drug-likeness (QED) is 0.635. The van der Waals surface area contributed by atoms with E-state index in [0.29, 0.717) is 48.1 Å². The number of para-hydroxylation sites is 1. The Kier molecular flexibility index (Phi) is 6.32. The number of hydrogen-bond donors (Lipinski definition) is 1. The molecule has 0 atom stereocenters. The molecule has 0 bridgehead atoms. The zero-order valence-corrected chi connectivity index (χ0v) is 18.5. The van der Waals surface area contributed by atoms with Crippen LogP contribution in [-0.2, 0) is 6.54 Å². The van der Waals surface area contributed by atoms with Crippen LogP contribution in [0.15, 0.2) is 42.5 Å². The van der Waals surface area contributed by atoms with Crippen LogP contribution in [0.5, 0.6) is 23.0 Å². The van der Waals surface area contributed by atoms with Crippen molar-refractivity contribution in [1.82, 2.24) is 14.8 Å². The lowest BCUT2D eigenvalue weighted by Gasteiger charge is -2.35. The van der Waals surface area contributed by atoms with Crippen molar-refractivity contribution in [1.29, 1.82) is 0 Å². The number of hydrogen-bond acceptors (Lipinski definition) is 7. The summed E-state index contributed by atoms with van der Waals surface area (Å²) in [6.45, 7) is 3.31. The number of methoxy groups -OCH3 is 3. The number of fused-ring (bicyclic) bond motifs is 1. The van der Waals surface area contributed by atoms with Gasteiger partial charge in [-0.1, -0.05) is 24.3 Å². The number of aromatic hydroxyl groups is 1. The van der Waals surface area contributed by atoms with Gasteiger partial charge in [0.1, 0.15) is 17.0 Å². The number of carbonyl (C=O) groups excluding carboxylic acids is 1. The van der Waals surface area contributed by atoms with E-state index in [2.05, 4.69) is 9.88 Å². The molecule has 4 rings (SSSR count). The molecule has 2 heterocycles. The molecule has 2 aromatic carbocycles. The van der Waals surface area contributed by atoms with E-state index in [9.17, 15) is 9.90 Å². The summed E-state index contributed by atoms with van der Waals surface area (Å²) in [6.07, 6.45) is 0. The van der Waals surface area contributed by atoms with Crippen LogP contribution in [-0.4, -0.2) is 73.3 Å². The summed E-state index contributed by atoms with van der Waals surface area (Å²) in [5.74, 6) is 1.80. The zero-order valence-electron chi connectivity index (χ0n) is 18.5. The molecule has 0 saturated carbocycles. The third kappa shape index (κ3) is 4.13. The molecule has 8 nitrogen and oxygen atoms in total. The zero-order chi connectivity index (χ0) is 22.7. The van der Waals surface area contributed by atoms with Gasteiger partial charge < -0.3 is 24.2 Å². The first-order chi connectivity index (χ1) is 15.5. The Balaban J connectivity index is 1.44. The molecular weight excluding hydrogens is 410 g/mol. The second-order valence-electron chi connectivity index (χ2n) is 7.61. The first kappa shape index (κ1) is 21.7. The molecule has 8 heteroatoms. The van der Waals surface area contributed by atoms with Crippen LogP contribution in [0.4, 0.5) is 0 Å². The summed E-state index contributed by atoms with van der Waals surface area (Å²) >= 11 is 0. The average Bonchev–Trinajstić information content (AvgIpc) is 2.83. The van der Waals surface area contributed by atoms with E-state index in [4.69, 9.17) is 14.2 Å². The second-order valence-corrected chi connectivity index (χ2v) is 7.61. The molecule has 168 valence electrons. The van der Waals surface area contributed by atoms with Gasteiger partial charge in [-0.05, 0) is 18.2 Å². The molecule has 32 heavy (non-hydrogen) atoms. The van der Waals surface area contributed by atoms with Gasteiger partial charge in [0.05, 0.1) is 21.3 Å². The van der Waals surface area contributed by atoms with Crippen molar-refractivity contribution in [2.75, 3.05) is 47.5 Å². The molecule has 1 N–H and O–H groups in total. The van der Waals surface area contributed by atoms with Crippen molar-refractivity contribution in [2.45, 2.75) is 6.54 Å². The van der Waals surface area contributed by atoms with Crippen LogP contribution < -0.4 is 14.2 Å². The highest BCUT2D eigenvalue weighted by atomic mass is 16.5. The average molecular weight is 437 g/mol. The van der Waals surface area contributed by atoms with Gasteiger partial charge in [0.2, 0.25) is 5.75 Å². The molecule has 1 amide bonds. The van der Waals surface area contributed by atoms with Crippen molar-refractivity contribution in [3.05, 3.63) is 53.7 Å². The van der Waals surface area contributed by atoms with Crippen LogP contribution in [0, 0.1) is 0 Å². The standard InChI is InChI=1S/C24H27N3O5/c1-30-20-10-8-17(22(31-2)23(20)32-3)15-26-11-13-27(14-12-26)24(29)18-9-7-16-5-4-6-19(28)21(16)25-18/h4-10,28H,11-15H2,1-3H3. The maximum Gasteiger partial charge on any atom is 0.272 e. The van der Waals surface area contributed by atoms with Crippen molar-refractivity contribution in [3.63, 3.8) is 0 Å². The second kappa shape index (κ2) is 9.32. The number of benzene rings is 2. The number of amides is 1. The van der Waals surface area contributed by atoms with Gasteiger partial charge in [0, 0.05) is 43.7 Å². The van der Waals surface area contributed by atoms with E-state index >= 15 is 0 Å². The molecule has 1 aliphatic heterocycles. The first-order valence-corrected chi connectivity index (χ1v) is 10.4. The lowest BCUT2D eigenvalue weighted by molar-refractivity contribution is 0.0622. The number of aromatic nitrogens is 1. The molecule has 0 aliphatic carbocycles. The molecule has 3 aromatic rings. The van der Waals surface area contributed by atoms with Crippen LogP contribution in [0.3, 0.4) is 0 Å². The predicted molar refractivity (Wildman–Crippen MR) is 121 cm³/mol. The molecule has 1 saturated heterocycles. The molecule has 1 aliphatic rings. The fraction of sp³-hybridized carbons (Fsp3) is 0.333. The number of rotatable bonds is 6. The molecule has 0 unspecified atom stereocenters. The lowest BCUT2D eigenvalue weighted by Crippen LogP contribution is -2.48. The summed E-state index contributed by atoms with van der Waals surface area (Å²) in [4.78, 5) is 21.5. The molecular formula is C24H27N3O5. The van der Waals surface area contributed by atoms with Crippen molar-refractivity contribution in [2.24, 2.45) is 0 Å². The maximum absolute atomic E-state index is 13.0. The largest absolute Gasteiger partial charge is 0.506 e. The van der Waals surface area contributed by atoms with E-state index in [1.807, 2.05) is 24.3 Å². The minimum atomic E-state index is -0.126. The Morgan fingerprint density at radius 2 is 1.69 bits per heavy atom. The van der Waals surface area contributed by atoms with Crippen molar-refractivity contribution in [3.8, 4) is 23.0 Å². The Labute approximate surface area is 186 Å². The number of carbonyl (C=O) groups is 1. The Morgan fingerprint density at radius 3 is 2.38 bits per heavy atom. The van der Waals surface area contributed by atoms with E-state index in [-0.39, 0.29) is 11.7 Å². The highest BCUT2D eigenvalue weighted by Crippen LogP contribution is 2.40. The minimum absolute atomic E-state index is 0.0748.